The van der Waals surface area contributed by atoms with Crippen molar-refractivity contribution in [2.45, 2.75) is 56.2 Å². The molecule has 0 unspecified atom stereocenters. The molecule has 11 heteroatoms. The van der Waals surface area contributed by atoms with Gasteiger partial charge in [-0.3, -0.25) is 0 Å². The van der Waals surface area contributed by atoms with E-state index in [9.17, 15) is 30.7 Å². The largest absolute Gasteiger partial charge is 0.581 e. The quantitative estimate of drug-likeness (QED) is 0.301. The van der Waals surface area contributed by atoms with Crippen LogP contribution in [0.15, 0.2) is 0 Å². The molecule has 0 fully saturated rings. The molecule has 0 radical (unpaired) electrons. The molecular weight excluding hydrogens is 353 g/mol. The molecule has 0 rings (SSSR count). The number of halogens is 7. The average Bonchev–Trinajstić information content (AvgIpc) is 2.43. The lowest BCUT2D eigenvalue weighted by molar-refractivity contribution is -0.199. The van der Waals surface area contributed by atoms with Gasteiger partial charge in [0.25, 0.3) is 0 Å². The molecule has 23 heavy (non-hydrogen) atoms. The molecule has 0 aliphatic carbocycles. The van der Waals surface area contributed by atoms with E-state index in [0.717, 1.165) is 21.3 Å². The summed E-state index contributed by atoms with van der Waals surface area (Å²) in [5, 5.41) is 0. The van der Waals surface area contributed by atoms with Gasteiger partial charge in [0.05, 0.1) is 0 Å². The molecule has 0 N–H and O–H groups in total. The van der Waals surface area contributed by atoms with E-state index in [1.165, 1.54) is 0 Å². The summed E-state index contributed by atoms with van der Waals surface area (Å²) in [5.74, 6) is -4.45. The van der Waals surface area contributed by atoms with E-state index in [4.69, 9.17) is 0 Å². The third-order valence-electron chi connectivity index (χ3n) is 3.35. The van der Waals surface area contributed by atoms with Crippen molar-refractivity contribution in [1.29, 1.82) is 0 Å². The zero-order chi connectivity index (χ0) is 18.4. The van der Waals surface area contributed by atoms with Crippen LogP contribution in [0.3, 0.4) is 0 Å². The maximum atomic E-state index is 14.0. The highest BCUT2D eigenvalue weighted by Crippen LogP contribution is 2.45. The first-order valence-corrected chi connectivity index (χ1v) is 8.59. The number of hydrogen-bond donors (Lipinski definition) is 0. The molecule has 0 aliphatic rings. The Bertz CT molecular complexity index is 338. The summed E-state index contributed by atoms with van der Waals surface area (Å²) in [6.45, 7) is 0. The predicted molar refractivity (Wildman–Crippen MR) is 70.4 cm³/mol. The SMILES string of the molecule is CO[Si](OC)(OC)C(F)(F)C(F)(F)CCCCCCC(F)(F)F. The monoisotopic (exact) mass is 374 g/mol. The van der Waals surface area contributed by atoms with Gasteiger partial charge in [0.1, 0.15) is 0 Å². The highest BCUT2D eigenvalue weighted by Gasteiger charge is 2.75. The summed E-state index contributed by atoms with van der Waals surface area (Å²) < 4.78 is 105. The van der Waals surface area contributed by atoms with Crippen molar-refractivity contribution in [3.63, 3.8) is 0 Å². The van der Waals surface area contributed by atoms with Gasteiger partial charge in [0.2, 0.25) is 0 Å². The Hall–Kier alpha value is -0.393. The second-order valence-corrected chi connectivity index (χ2v) is 7.94. The normalized spacial score (nSPS) is 14.3. The van der Waals surface area contributed by atoms with E-state index in [1.54, 1.807) is 0 Å². The lowest BCUT2D eigenvalue weighted by atomic mass is 10.1. The van der Waals surface area contributed by atoms with Crippen LogP contribution in [0.2, 0.25) is 0 Å². The fourth-order valence-electron chi connectivity index (χ4n) is 2.04. The molecular formula is C12H21F7O3Si. The highest BCUT2D eigenvalue weighted by atomic mass is 28.4. The lowest BCUT2D eigenvalue weighted by Crippen LogP contribution is -2.66. The molecule has 0 atom stereocenters. The lowest BCUT2D eigenvalue weighted by Gasteiger charge is -2.36. The summed E-state index contributed by atoms with van der Waals surface area (Å²) in [7, 11) is -2.54. The van der Waals surface area contributed by atoms with Crippen molar-refractivity contribution in [3.8, 4) is 0 Å². The molecule has 0 saturated heterocycles. The smallest absolute Gasteiger partial charge is 0.373 e. The van der Waals surface area contributed by atoms with Gasteiger partial charge in [-0.15, -0.1) is 0 Å². The summed E-state index contributed by atoms with van der Waals surface area (Å²) in [5.41, 5.74) is -4.65. The Kier molecular flexibility index (Phi) is 8.48. The van der Waals surface area contributed by atoms with E-state index < -0.39 is 39.3 Å². The maximum absolute atomic E-state index is 14.0. The fourth-order valence-corrected chi connectivity index (χ4v) is 3.88. The molecule has 3 nitrogen and oxygen atoms in total. The molecule has 0 bridgehead atoms. The zero-order valence-corrected chi connectivity index (χ0v) is 14.1. The number of rotatable bonds is 11. The van der Waals surface area contributed by atoms with E-state index in [0.29, 0.717) is 0 Å². The predicted octanol–water partition coefficient (Wildman–Crippen LogP) is 4.58. The third kappa shape index (κ3) is 5.87. The highest BCUT2D eigenvalue weighted by molar-refractivity contribution is 6.63. The molecule has 0 aromatic carbocycles. The van der Waals surface area contributed by atoms with Crippen LogP contribution in [0.4, 0.5) is 30.7 Å². The van der Waals surface area contributed by atoms with Gasteiger partial charge in [-0.05, 0) is 12.8 Å². The first kappa shape index (κ1) is 22.6. The molecule has 0 aromatic rings. The van der Waals surface area contributed by atoms with Crippen LogP contribution in [-0.2, 0) is 13.3 Å². The summed E-state index contributed by atoms with van der Waals surface area (Å²) in [4.78, 5) is 0. The van der Waals surface area contributed by atoms with Crippen LogP contribution in [0.25, 0.3) is 0 Å². The minimum atomic E-state index is -4.91. The molecule has 0 aromatic heterocycles. The summed E-state index contributed by atoms with van der Waals surface area (Å²) in [6.07, 6.45) is -7.08. The van der Waals surface area contributed by atoms with Crippen molar-refractivity contribution in [1.82, 2.24) is 0 Å². The molecule has 0 amide bonds. The first-order valence-electron chi connectivity index (χ1n) is 6.87. The van der Waals surface area contributed by atoms with Gasteiger partial charge >= 0.3 is 26.4 Å². The third-order valence-corrected chi connectivity index (χ3v) is 6.10. The topological polar surface area (TPSA) is 27.7 Å². The van der Waals surface area contributed by atoms with Crippen molar-refractivity contribution in [3.05, 3.63) is 0 Å². The van der Waals surface area contributed by atoms with Gasteiger partial charge in [-0.25, -0.2) is 0 Å². The van der Waals surface area contributed by atoms with Crippen molar-refractivity contribution in [2.75, 3.05) is 21.3 Å². The van der Waals surface area contributed by atoms with Gasteiger partial charge in [-0.1, -0.05) is 12.8 Å². The minimum Gasteiger partial charge on any atom is -0.373 e. The van der Waals surface area contributed by atoms with Crippen LogP contribution in [-0.4, -0.2) is 47.8 Å². The summed E-state index contributed by atoms with van der Waals surface area (Å²) in [6, 6.07) is 0. The van der Waals surface area contributed by atoms with E-state index >= 15 is 0 Å². The Morgan fingerprint density at radius 1 is 0.652 bits per heavy atom. The Labute approximate surface area is 131 Å². The average molecular weight is 374 g/mol. The minimum absolute atomic E-state index is 0.0107. The summed E-state index contributed by atoms with van der Waals surface area (Å²) >= 11 is 0. The van der Waals surface area contributed by atoms with Gasteiger partial charge in [0.15, 0.2) is 0 Å². The Morgan fingerprint density at radius 3 is 1.39 bits per heavy atom. The molecule has 0 heterocycles. The van der Waals surface area contributed by atoms with Crippen LogP contribution in [0.5, 0.6) is 0 Å². The second-order valence-electron chi connectivity index (χ2n) is 4.98. The van der Waals surface area contributed by atoms with Gasteiger partial charge in [0, 0.05) is 34.2 Å². The van der Waals surface area contributed by atoms with Crippen LogP contribution >= 0.6 is 0 Å². The maximum Gasteiger partial charge on any atom is 0.581 e. The molecule has 0 aliphatic heterocycles. The van der Waals surface area contributed by atoms with Gasteiger partial charge in [-0.2, -0.15) is 30.7 Å². The van der Waals surface area contributed by atoms with E-state index in [-0.39, 0.29) is 25.7 Å². The standard InChI is InChI=1S/C12H21F7O3Si/c1-20-23(21-2,22-3)12(18,19)10(13,14)8-6-4-5-7-9-11(15,16)17/h4-9H2,1-3H3. The Morgan fingerprint density at radius 2 is 1.04 bits per heavy atom. The number of alkyl halides is 7. The van der Waals surface area contributed by atoms with Crippen molar-refractivity contribution >= 4 is 8.80 Å². The fraction of sp³-hybridized carbons (Fsp3) is 1.00. The molecule has 0 spiro atoms. The zero-order valence-electron chi connectivity index (χ0n) is 13.1. The van der Waals surface area contributed by atoms with Gasteiger partial charge < -0.3 is 13.3 Å². The van der Waals surface area contributed by atoms with Crippen LogP contribution in [0.1, 0.15) is 38.5 Å². The van der Waals surface area contributed by atoms with Crippen LogP contribution < -0.4 is 0 Å². The molecule has 0 saturated carbocycles. The second kappa shape index (κ2) is 8.63. The van der Waals surface area contributed by atoms with Crippen LogP contribution in [0, 0.1) is 0 Å². The number of hydrogen-bond acceptors (Lipinski definition) is 3. The molecule has 140 valence electrons. The number of unbranched alkanes of at least 4 members (excludes halogenated alkanes) is 3. The first-order chi connectivity index (χ1) is 10.4. The van der Waals surface area contributed by atoms with E-state index in [1.807, 2.05) is 0 Å². The van der Waals surface area contributed by atoms with E-state index in [2.05, 4.69) is 13.3 Å². The van der Waals surface area contributed by atoms with Crippen molar-refractivity contribution in [2.24, 2.45) is 0 Å². The Balaban J connectivity index is 4.56. The van der Waals surface area contributed by atoms with Crippen molar-refractivity contribution < 1.29 is 44.0 Å².